The maximum atomic E-state index is 13.5. The van der Waals surface area contributed by atoms with Crippen LogP contribution in [0.15, 0.2) is 48.5 Å². The summed E-state index contributed by atoms with van der Waals surface area (Å²) >= 11 is 0. The average molecular weight is 529 g/mol. The molecule has 39 heavy (non-hydrogen) atoms. The normalized spacial score (nSPS) is 15.2. The standard InChI is InChI=1S/C32H40N4O3/c1-3-4-5-6-7-24-8-12-26(13-9-24)32(37)36-17-16-29-28(23-36)31(35-18-20-39-21-19-35)34-30(33-29)22-25-10-14-27(38-2)15-11-25/h8-15H,3-7,16-23H2,1-2H3. The zero-order valence-corrected chi connectivity index (χ0v) is 23.3. The highest BCUT2D eigenvalue weighted by Gasteiger charge is 2.29. The Labute approximate surface area is 232 Å². The molecule has 0 unspecified atom stereocenters. The highest BCUT2D eigenvalue weighted by molar-refractivity contribution is 5.94. The van der Waals surface area contributed by atoms with Crippen LogP contribution in [0.25, 0.3) is 0 Å². The first-order valence-electron chi connectivity index (χ1n) is 14.4. The highest BCUT2D eigenvalue weighted by Crippen LogP contribution is 2.29. The Morgan fingerprint density at radius 2 is 1.67 bits per heavy atom. The van der Waals surface area contributed by atoms with Crippen LogP contribution >= 0.6 is 0 Å². The molecule has 0 N–H and O–H groups in total. The van der Waals surface area contributed by atoms with E-state index < -0.39 is 0 Å². The van der Waals surface area contributed by atoms with Gasteiger partial charge in [-0.25, -0.2) is 9.97 Å². The molecule has 0 spiro atoms. The molecule has 1 amide bonds. The number of hydrogen-bond donors (Lipinski definition) is 0. The highest BCUT2D eigenvalue weighted by atomic mass is 16.5. The van der Waals surface area contributed by atoms with Gasteiger partial charge in [0, 0.05) is 43.6 Å². The van der Waals surface area contributed by atoms with Crippen LogP contribution in [0.2, 0.25) is 0 Å². The van der Waals surface area contributed by atoms with Gasteiger partial charge in [0.2, 0.25) is 0 Å². The molecule has 0 bridgehead atoms. The summed E-state index contributed by atoms with van der Waals surface area (Å²) in [7, 11) is 1.68. The SMILES string of the molecule is CCCCCCc1ccc(C(=O)N2CCc3nc(Cc4ccc(OC)cc4)nc(N4CCOCC4)c3C2)cc1. The average Bonchev–Trinajstić information content (AvgIpc) is 2.99. The van der Waals surface area contributed by atoms with E-state index in [2.05, 4.69) is 36.1 Å². The maximum absolute atomic E-state index is 13.5. The number of amides is 1. The van der Waals surface area contributed by atoms with Crippen LogP contribution in [0.3, 0.4) is 0 Å². The molecule has 5 rings (SSSR count). The zero-order chi connectivity index (χ0) is 27.0. The molecule has 206 valence electrons. The van der Waals surface area contributed by atoms with Crippen LogP contribution in [0.5, 0.6) is 5.75 Å². The Balaban J connectivity index is 1.33. The van der Waals surface area contributed by atoms with Gasteiger partial charge in [-0.1, -0.05) is 50.5 Å². The molecule has 7 heteroatoms. The van der Waals surface area contributed by atoms with Crippen LogP contribution in [0.4, 0.5) is 5.82 Å². The number of unbranched alkanes of at least 4 members (excludes halogenated alkanes) is 3. The van der Waals surface area contributed by atoms with Crippen molar-refractivity contribution in [2.75, 3.05) is 44.9 Å². The van der Waals surface area contributed by atoms with Crippen molar-refractivity contribution in [2.45, 2.75) is 58.4 Å². The second kappa shape index (κ2) is 13.1. The first kappa shape index (κ1) is 27.1. The number of carbonyl (C=O) groups is 1. The number of anilines is 1. The predicted molar refractivity (Wildman–Crippen MR) is 154 cm³/mol. The molecule has 2 aliphatic rings. The first-order valence-corrected chi connectivity index (χ1v) is 14.4. The van der Waals surface area contributed by atoms with E-state index in [4.69, 9.17) is 19.4 Å². The van der Waals surface area contributed by atoms with Crippen molar-refractivity contribution in [2.24, 2.45) is 0 Å². The zero-order valence-electron chi connectivity index (χ0n) is 23.3. The Hall–Kier alpha value is -3.45. The number of nitrogens with zero attached hydrogens (tertiary/aromatic N) is 4. The van der Waals surface area contributed by atoms with E-state index in [0.717, 1.165) is 65.7 Å². The van der Waals surface area contributed by atoms with E-state index >= 15 is 0 Å². The molecule has 0 aliphatic carbocycles. The summed E-state index contributed by atoms with van der Waals surface area (Å²) in [6.07, 6.45) is 7.45. The van der Waals surface area contributed by atoms with Crippen molar-refractivity contribution in [1.29, 1.82) is 0 Å². The van der Waals surface area contributed by atoms with Gasteiger partial charge in [-0.15, -0.1) is 0 Å². The molecule has 2 aromatic carbocycles. The number of carbonyl (C=O) groups excluding carboxylic acids is 1. The number of aromatic nitrogens is 2. The van der Waals surface area contributed by atoms with Gasteiger partial charge in [0.05, 0.1) is 32.6 Å². The number of aryl methyl sites for hydroxylation is 1. The number of ether oxygens (including phenoxy) is 2. The lowest BCUT2D eigenvalue weighted by molar-refractivity contribution is 0.0733. The van der Waals surface area contributed by atoms with Crippen LogP contribution in [-0.4, -0.2) is 60.7 Å². The minimum atomic E-state index is 0.0772. The number of fused-ring (bicyclic) bond motifs is 1. The van der Waals surface area contributed by atoms with Crippen LogP contribution < -0.4 is 9.64 Å². The third-order valence-corrected chi connectivity index (χ3v) is 7.72. The molecular weight excluding hydrogens is 488 g/mol. The monoisotopic (exact) mass is 528 g/mol. The van der Waals surface area contributed by atoms with Crippen molar-refractivity contribution in [3.05, 3.63) is 82.3 Å². The number of hydrogen-bond acceptors (Lipinski definition) is 6. The van der Waals surface area contributed by atoms with Crippen molar-refractivity contribution >= 4 is 11.7 Å². The number of rotatable bonds is 10. The van der Waals surface area contributed by atoms with Gasteiger partial charge >= 0.3 is 0 Å². The first-order chi connectivity index (χ1) is 19.1. The second-order valence-electron chi connectivity index (χ2n) is 10.5. The third kappa shape index (κ3) is 6.77. The second-order valence-corrected chi connectivity index (χ2v) is 10.5. The Bertz CT molecular complexity index is 1240. The van der Waals surface area contributed by atoms with Gasteiger partial charge in [0.25, 0.3) is 5.91 Å². The summed E-state index contributed by atoms with van der Waals surface area (Å²) < 4.78 is 10.9. The molecule has 3 aromatic rings. The Kier molecular flexibility index (Phi) is 9.09. The molecular formula is C32H40N4O3. The summed E-state index contributed by atoms with van der Waals surface area (Å²) in [5.41, 5.74) is 5.33. The summed E-state index contributed by atoms with van der Waals surface area (Å²) in [6.45, 7) is 6.36. The summed E-state index contributed by atoms with van der Waals surface area (Å²) in [5.74, 6) is 2.68. The van der Waals surface area contributed by atoms with E-state index in [-0.39, 0.29) is 5.91 Å². The molecule has 1 saturated heterocycles. The van der Waals surface area contributed by atoms with Crippen molar-refractivity contribution in [1.82, 2.24) is 14.9 Å². The fraction of sp³-hybridized carbons (Fsp3) is 0.469. The molecule has 3 heterocycles. The van der Waals surface area contributed by atoms with E-state index in [9.17, 15) is 4.79 Å². The van der Waals surface area contributed by atoms with Gasteiger partial charge in [-0.05, 0) is 48.2 Å². The quantitative estimate of drug-likeness (QED) is 0.336. The van der Waals surface area contributed by atoms with Gasteiger partial charge in [0.1, 0.15) is 17.4 Å². The largest absolute Gasteiger partial charge is 0.497 e. The lowest BCUT2D eigenvalue weighted by Gasteiger charge is -2.34. The fourth-order valence-corrected chi connectivity index (χ4v) is 5.41. The molecule has 0 atom stereocenters. The minimum Gasteiger partial charge on any atom is -0.497 e. The van der Waals surface area contributed by atoms with Crippen molar-refractivity contribution in [3.63, 3.8) is 0 Å². The summed E-state index contributed by atoms with van der Waals surface area (Å²) in [6, 6.07) is 16.3. The van der Waals surface area contributed by atoms with E-state index in [1.165, 1.54) is 31.2 Å². The smallest absolute Gasteiger partial charge is 0.254 e. The van der Waals surface area contributed by atoms with Gasteiger partial charge in [0.15, 0.2) is 0 Å². The van der Waals surface area contributed by atoms with Crippen LogP contribution in [0, 0.1) is 0 Å². The molecule has 1 fully saturated rings. The van der Waals surface area contributed by atoms with Crippen LogP contribution in [0.1, 0.15) is 71.2 Å². The molecule has 1 aromatic heterocycles. The van der Waals surface area contributed by atoms with Crippen LogP contribution in [-0.2, 0) is 30.5 Å². The Morgan fingerprint density at radius 3 is 2.38 bits per heavy atom. The number of methoxy groups -OCH3 is 1. The van der Waals surface area contributed by atoms with Gasteiger partial charge < -0.3 is 19.3 Å². The van der Waals surface area contributed by atoms with Crippen molar-refractivity contribution in [3.8, 4) is 5.75 Å². The molecule has 7 nitrogen and oxygen atoms in total. The lowest BCUT2D eigenvalue weighted by atomic mass is 10.0. The van der Waals surface area contributed by atoms with E-state index in [0.29, 0.717) is 32.7 Å². The number of benzene rings is 2. The molecule has 2 aliphatic heterocycles. The van der Waals surface area contributed by atoms with E-state index in [1.54, 1.807) is 7.11 Å². The lowest BCUT2D eigenvalue weighted by Crippen LogP contribution is -2.41. The van der Waals surface area contributed by atoms with Gasteiger partial charge in [-0.3, -0.25) is 4.79 Å². The number of morpholine rings is 1. The fourth-order valence-electron chi connectivity index (χ4n) is 5.41. The topological polar surface area (TPSA) is 67.8 Å². The molecule has 0 radical (unpaired) electrons. The van der Waals surface area contributed by atoms with Crippen molar-refractivity contribution < 1.29 is 14.3 Å². The molecule has 0 saturated carbocycles. The van der Waals surface area contributed by atoms with E-state index in [1.807, 2.05) is 29.2 Å². The Morgan fingerprint density at radius 1 is 0.923 bits per heavy atom. The maximum Gasteiger partial charge on any atom is 0.254 e. The summed E-state index contributed by atoms with van der Waals surface area (Å²) in [4.78, 5) is 27.8. The predicted octanol–water partition coefficient (Wildman–Crippen LogP) is 5.23. The minimum absolute atomic E-state index is 0.0772. The van der Waals surface area contributed by atoms with Gasteiger partial charge in [-0.2, -0.15) is 0 Å². The summed E-state index contributed by atoms with van der Waals surface area (Å²) in [5, 5.41) is 0. The third-order valence-electron chi connectivity index (χ3n) is 7.72.